The van der Waals surface area contributed by atoms with Crippen LogP contribution in [0.2, 0.25) is 0 Å². The van der Waals surface area contributed by atoms with Gasteiger partial charge in [0.15, 0.2) is 0 Å². The first-order valence-corrected chi connectivity index (χ1v) is 39.9. The van der Waals surface area contributed by atoms with Crippen LogP contribution in [-0.4, -0.2) is 13.4 Å². The molecule has 0 saturated carbocycles. The molecule has 4 aliphatic rings. The summed E-state index contributed by atoms with van der Waals surface area (Å²) in [6, 6.07) is 83.3. The van der Waals surface area contributed by atoms with Crippen molar-refractivity contribution in [2.45, 2.75) is 88.3 Å². The van der Waals surface area contributed by atoms with E-state index in [1.165, 1.54) is 0 Å². The van der Waals surface area contributed by atoms with E-state index in [0.717, 1.165) is 73.0 Å². The molecule has 0 radical (unpaired) electrons. The normalized spacial score (nSPS) is 15.0. The lowest BCUT2D eigenvalue weighted by atomic mass is 9.30. The summed E-state index contributed by atoms with van der Waals surface area (Å²) in [5.41, 5.74) is 14.3. The van der Waals surface area contributed by atoms with E-state index in [1.807, 2.05) is 193 Å². The predicted molar refractivity (Wildman–Crippen MR) is 490 cm³/mol. The number of hydrogen-bond acceptors (Lipinski definition) is 4. The molecule has 6 heteroatoms. The van der Waals surface area contributed by atoms with Crippen molar-refractivity contribution in [2.24, 2.45) is 0 Å². The molecule has 0 unspecified atom stereocenters. The molecule has 0 spiro atoms. The summed E-state index contributed by atoms with van der Waals surface area (Å²) in [6.45, 7) is 16.7. The van der Waals surface area contributed by atoms with E-state index in [4.69, 9.17) is 1.37 Å². The highest BCUT2D eigenvalue weighted by molar-refractivity contribution is 8.00. The van der Waals surface area contributed by atoms with Crippen LogP contribution in [0.5, 0.6) is 0 Å². The fourth-order valence-corrected chi connectivity index (χ4v) is 18.3. The molecule has 20 rings (SSSR count). The molecule has 0 atom stereocenters. The lowest BCUT2D eigenvalue weighted by molar-refractivity contribution is 0.590. The lowest BCUT2D eigenvalue weighted by Gasteiger charge is -2.49. The summed E-state index contributed by atoms with van der Waals surface area (Å²) in [4.78, 5) is 6.72. The van der Waals surface area contributed by atoms with Crippen LogP contribution in [0.4, 0.5) is 51.2 Å². The minimum atomic E-state index is -1.39. The van der Waals surface area contributed by atoms with Crippen LogP contribution in [0.25, 0.3) is 89.0 Å². The fraction of sp³-hybridized carbons (Fsp3) is 0.111. The number of anilines is 9. The standard InChI is InChI=1S/C108H87B2N3S/c1-106(2,3)82-63-86(75-42-26-14-27-43-75)103(87(64-82)76-44-28-15-29-45-76)112-94-62-81(73-40-24-13-25-41-73)52-57-90(94)110-100-95(112)67-84(108(7,8)9)68-96(100)113(104-88(77-46-30-16-31-47-77)65-83(107(4,5)6)66-89(104)78-48-32-17-33-49-78)98-69-97-101-105(102(98)110)114-99-59-54-80(72-38-22-12-23-39-72)61-92(99)109(101)91-60-79(71-36-20-11-21-37-71)53-58-93(91)111(97)85-55-50-74(51-56-85)70-34-18-10-19-35-70/h10-69H,1-9H3/i13D,24D,25D,40D,41D,52D,53D,54D,57D,58D,59D,60D,61D,62D,69D. The maximum atomic E-state index is 12.6. The molecule has 0 N–H and O–H groups in total. The zero-order valence-electron chi connectivity index (χ0n) is 79.9. The zero-order chi connectivity index (χ0) is 90.4. The van der Waals surface area contributed by atoms with E-state index in [0.29, 0.717) is 72.0 Å². The quantitative estimate of drug-likeness (QED) is 0.119. The second kappa shape index (κ2) is 27.7. The molecule has 3 nitrogen and oxygen atoms in total. The summed E-state index contributed by atoms with van der Waals surface area (Å²) in [6.07, 6.45) is 0. The van der Waals surface area contributed by atoms with Gasteiger partial charge in [-0.3, -0.25) is 0 Å². The Kier molecular flexibility index (Phi) is 13.5. The third-order valence-electron chi connectivity index (χ3n) is 22.8. The summed E-state index contributed by atoms with van der Waals surface area (Å²) < 4.78 is 160. The lowest BCUT2D eigenvalue weighted by Crippen LogP contribution is -2.66. The highest BCUT2D eigenvalue weighted by atomic mass is 32.2. The van der Waals surface area contributed by atoms with Gasteiger partial charge in [0, 0.05) is 71.9 Å². The van der Waals surface area contributed by atoms with Crippen molar-refractivity contribution in [1.29, 1.82) is 0 Å². The van der Waals surface area contributed by atoms with Gasteiger partial charge in [-0.2, -0.15) is 0 Å². The number of hydrogen-bond donors (Lipinski definition) is 0. The first-order chi connectivity index (χ1) is 61.8. The van der Waals surface area contributed by atoms with Gasteiger partial charge in [0.05, 0.1) is 31.9 Å². The molecule has 0 fully saturated rings. The molecule has 4 aliphatic heterocycles. The Hall–Kier alpha value is -12.6. The topological polar surface area (TPSA) is 9.72 Å². The minimum absolute atomic E-state index is 0.0344. The van der Waals surface area contributed by atoms with Crippen LogP contribution < -0.4 is 47.5 Å². The van der Waals surface area contributed by atoms with Crippen LogP contribution in [-0.2, 0) is 16.2 Å². The van der Waals surface area contributed by atoms with Crippen molar-refractivity contribution in [3.05, 3.63) is 380 Å². The Bertz CT molecular complexity index is 7230. The highest BCUT2D eigenvalue weighted by Gasteiger charge is 2.52. The smallest absolute Gasteiger partial charge is 0.253 e. The third-order valence-corrected chi connectivity index (χ3v) is 24.0. The highest BCUT2D eigenvalue weighted by Crippen LogP contribution is 2.58. The van der Waals surface area contributed by atoms with Crippen molar-refractivity contribution in [3.63, 3.8) is 0 Å². The van der Waals surface area contributed by atoms with E-state index >= 15 is 0 Å². The number of nitrogens with zero attached hydrogens (tertiary/aromatic N) is 3. The number of benzene rings is 16. The number of fused-ring (bicyclic) bond motifs is 9. The molecule has 0 saturated heterocycles. The van der Waals surface area contributed by atoms with Crippen molar-refractivity contribution in [3.8, 4) is 89.0 Å². The minimum Gasteiger partial charge on any atom is -0.311 e. The van der Waals surface area contributed by atoms with Crippen LogP contribution in [0.1, 0.15) is 99.6 Å². The van der Waals surface area contributed by atoms with Crippen molar-refractivity contribution in [2.75, 3.05) is 14.7 Å². The van der Waals surface area contributed by atoms with Crippen molar-refractivity contribution in [1.82, 2.24) is 0 Å². The van der Waals surface area contributed by atoms with Crippen molar-refractivity contribution < 1.29 is 20.6 Å². The molecule has 16 aromatic rings. The van der Waals surface area contributed by atoms with Crippen LogP contribution >= 0.6 is 11.8 Å². The summed E-state index contributed by atoms with van der Waals surface area (Å²) >= 11 is 1.16. The Morgan fingerprint density at radius 1 is 0.263 bits per heavy atom. The predicted octanol–water partition coefficient (Wildman–Crippen LogP) is 25.8. The average Bonchev–Trinajstić information content (AvgIpc) is 0.657. The van der Waals surface area contributed by atoms with Crippen LogP contribution in [0, 0.1) is 0 Å². The third kappa shape index (κ3) is 12.1. The first-order valence-electron chi connectivity index (χ1n) is 46.6. The SMILES string of the molecule is [2H]c1c([2H])c([2H])c(-c2c([2H])c([2H])c3c(c2[2H])N(c2c(-c4ccccc4)cc(C(C)(C)C)cc2-c2ccccc2)c2cc(C(C)(C)C)cc4c2B3c2c3c5c(c([2H])c2N4c2c(-c4ccccc4)cc(C(C)(C)C)cc2-c2ccccc2)N(c2ccc(-c4ccccc4)cc2)c2c([2H])c([2H])c(-c4ccccc4)c([2H])c2B5c2c([2H])c(-c4ccccc4)c([2H])c([2H])c2S3)c([2H])c1[2H]. The van der Waals surface area contributed by atoms with E-state index in [1.54, 1.807) is 0 Å². The van der Waals surface area contributed by atoms with Crippen molar-refractivity contribution >= 4 is 109 Å². The molecular formula is C108H87B2N3S. The van der Waals surface area contributed by atoms with Gasteiger partial charge in [0.1, 0.15) is 0 Å². The fourth-order valence-electron chi connectivity index (χ4n) is 17.1. The Morgan fingerprint density at radius 2 is 0.632 bits per heavy atom. The number of rotatable bonds is 11. The molecule has 114 heavy (non-hydrogen) atoms. The van der Waals surface area contributed by atoms with Gasteiger partial charge in [-0.15, -0.1) is 0 Å². The van der Waals surface area contributed by atoms with Gasteiger partial charge in [-0.1, -0.05) is 370 Å². The maximum absolute atomic E-state index is 12.6. The van der Waals surface area contributed by atoms with E-state index < -0.39 is 83.6 Å². The average molecular weight is 1500 g/mol. The summed E-state index contributed by atoms with van der Waals surface area (Å²) in [5, 5.41) is 0. The van der Waals surface area contributed by atoms with Gasteiger partial charge >= 0.3 is 0 Å². The summed E-state index contributed by atoms with van der Waals surface area (Å²) in [7, 11) is 0. The monoisotopic (exact) mass is 1490 g/mol. The Labute approximate surface area is 698 Å². The summed E-state index contributed by atoms with van der Waals surface area (Å²) in [5.74, 6) is 0. The molecule has 4 heterocycles. The largest absolute Gasteiger partial charge is 0.311 e. The van der Waals surface area contributed by atoms with Gasteiger partial charge in [-0.05, 0) is 200 Å². The van der Waals surface area contributed by atoms with Gasteiger partial charge < -0.3 is 14.7 Å². The van der Waals surface area contributed by atoms with E-state index in [-0.39, 0.29) is 103 Å². The molecule has 0 aromatic heterocycles. The van der Waals surface area contributed by atoms with Crippen LogP contribution in [0.3, 0.4) is 0 Å². The second-order valence-electron chi connectivity index (χ2n) is 33.1. The Morgan fingerprint density at radius 3 is 1.09 bits per heavy atom. The van der Waals surface area contributed by atoms with Gasteiger partial charge in [0.25, 0.3) is 6.71 Å². The van der Waals surface area contributed by atoms with E-state index in [9.17, 15) is 19.2 Å². The molecule has 0 amide bonds. The van der Waals surface area contributed by atoms with Gasteiger partial charge in [0.2, 0.25) is 6.71 Å². The first kappa shape index (κ1) is 55.8. The second-order valence-corrected chi connectivity index (χ2v) is 34.1. The van der Waals surface area contributed by atoms with E-state index in [2.05, 4.69) is 157 Å². The molecule has 546 valence electrons. The van der Waals surface area contributed by atoms with Crippen LogP contribution in [0.15, 0.2) is 373 Å². The Balaban J connectivity index is 1.07. The molecule has 16 aromatic carbocycles. The van der Waals surface area contributed by atoms with Gasteiger partial charge in [-0.25, -0.2) is 0 Å². The molecule has 0 aliphatic carbocycles. The molecular weight excluding hydrogens is 1390 g/mol. The maximum Gasteiger partial charge on any atom is 0.253 e. The molecule has 0 bridgehead atoms. The zero-order valence-corrected chi connectivity index (χ0v) is 65.7.